The third-order valence-corrected chi connectivity index (χ3v) is 26.5. The van der Waals surface area contributed by atoms with E-state index in [-0.39, 0.29) is 43.1 Å². The molecule has 6 rings (SSSR count). The number of methoxy groups -OCH3 is 2. The zero-order chi connectivity index (χ0) is 54.9. The van der Waals surface area contributed by atoms with E-state index in [9.17, 15) is 14.9 Å². The molecule has 0 radical (unpaired) electrons. The van der Waals surface area contributed by atoms with Crippen LogP contribution in [0.3, 0.4) is 0 Å². The van der Waals surface area contributed by atoms with Gasteiger partial charge in [-0.3, -0.25) is 9.69 Å². The number of carbonyl (C=O) groups is 2. The van der Waals surface area contributed by atoms with Crippen molar-refractivity contribution in [3.05, 3.63) is 124 Å². The largest absolute Gasteiger partial charge is 0.496 e. The van der Waals surface area contributed by atoms with E-state index in [2.05, 4.69) is 127 Å². The second kappa shape index (κ2) is 25.4. The van der Waals surface area contributed by atoms with Gasteiger partial charge in [0.15, 0.2) is 28.1 Å². The average Bonchev–Trinajstić information content (AvgIpc) is 3.69. The van der Waals surface area contributed by atoms with Gasteiger partial charge in [-0.1, -0.05) is 152 Å². The molecule has 75 heavy (non-hydrogen) atoms. The molecule has 0 aromatic heterocycles. The minimum Gasteiger partial charge on any atom is -0.496 e. The lowest BCUT2D eigenvalue weighted by Gasteiger charge is -2.53. The van der Waals surface area contributed by atoms with E-state index in [4.69, 9.17) is 32.5 Å². The van der Waals surface area contributed by atoms with Gasteiger partial charge in [-0.2, -0.15) is 5.26 Å². The number of carbonyl (C=O) groups excluding carboxylic acids is 2. The normalized spacial score (nSPS) is 17.9. The number of rotatable bonds is 24. The van der Waals surface area contributed by atoms with Crippen molar-refractivity contribution < 1.29 is 42.1 Å². The van der Waals surface area contributed by atoms with E-state index in [1.807, 2.05) is 61.5 Å². The highest BCUT2D eigenvalue weighted by Crippen LogP contribution is 2.57. The minimum atomic E-state index is -2.74. The Balaban J connectivity index is 1.60. The lowest BCUT2D eigenvalue weighted by Crippen LogP contribution is -2.62. The molecule has 5 atom stereocenters. The molecule has 1 N–H and O–H groups in total. The SMILES string of the molecule is CC[Si](CC)(CC)OC[C@@H]1[C@H](O[Si](C)(C)C(C)(C)C)c2c(OC)c(C)c(OC)c(OC(C)=O)c2[C@H](COCc2ccccc2)N1[C@@H](C#N)[C@H](C/C=C/C[Si](C)(C)C)NC(=O)OCC1c2ccccc2-c2ccccc21. The Kier molecular flexibility index (Phi) is 20.0. The van der Waals surface area contributed by atoms with Crippen LogP contribution in [0.5, 0.6) is 17.2 Å². The van der Waals surface area contributed by atoms with Crippen LogP contribution in [0, 0.1) is 18.3 Å². The quantitative estimate of drug-likeness (QED) is 0.0311. The molecule has 0 saturated carbocycles. The van der Waals surface area contributed by atoms with Gasteiger partial charge in [-0.25, -0.2) is 4.79 Å². The number of nitriles is 1. The van der Waals surface area contributed by atoms with Crippen molar-refractivity contribution in [1.29, 1.82) is 5.26 Å². The van der Waals surface area contributed by atoms with Crippen LogP contribution < -0.4 is 19.5 Å². The molecule has 0 saturated heterocycles. The van der Waals surface area contributed by atoms with Crippen LogP contribution >= 0.6 is 0 Å². The molecule has 1 aliphatic heterocycles. The predicted octanol–water partition coefficient (Wildman–Crippen LogP) is 14.0. The molecular weight excluding hydrogens is 991 g/mol. The predicted molar refractivity (Wildman–Crippen MR) is 308 cm³/mol. The summed E-state index contributed by atoms with van der Waals surface area (Å²) in [6, 6.07) is 29.5. The van der Waals surface area contributed by atoms with E-state index in [0.717, 1.165) is 52.0 Å². The summed E-state index contributed by atoms with van der Waals surface area (Å²) in [6.07, 6.45) is 3.17. The smallest absolute Gasteiger partial charge is 0.407 e. The number of nitrogens with zero attached hydrogens (tertiary/aromatic N) is 2. The third kappa shape index (κ3) is 13.6. The fourth-order valence-electron chi connectivity index (χ4n) is 10.6. The first kappa shape index (κ1) is 59.2. The molecule has 1 aliphatic carbocycles. The Bertz CT molecular complexity index is 2600. The summed E-state index contributed by atoms with van der Waals surface area (Å²) in [5, 5.41) is 15.1. The number of hydrogen-bond donors (Lipinski definition) is 1. The van der Waals surface area contributed by atoms with E-state index in [1.165, 1.54) is 6.92 Å². The van der Waals surface area contributed by atoms with Crippen LogP contribution in [0.1, 0.15) is 106 Å². The standard InChI is InChI=1S/C60H85N3O9Si3/c1-16-75(17-2,18-3)70-40-52-57(72-74(14,15)60(6,7)8)54-53(58(71-42(5)64)56(67-10)41(4)55(54)66-9)51(39-68-37-43-28-20-19-21-29-43)63(52)50(36-61)49(34-26-27-35-73(11,12)13)62-59(65)69-38-48-46-32-24-22-30-44(46)45-31-23-25-33-47(45)48/h19-33,48-52,57H,16-18,34-35,37-40H2,1-15H3,(H,62,65)/b27-26+/t49-,50-,51-,52+,57-/m0/s1. The van der Waals surface area contributed by atoms with Gasteiger partial charge in [0.2, 0.25) is 0 Å². The summed E-state index contributed by atoms with van der Waals surface area (Å²) in [5.74, 6) is 0.330. The maximum absolute atomic E-state index is 14.7. The number of esters is 1. The van der Waals surface area contributed by atoms with Gasteiger partial charge >= 0.3 is 12.1 Å². The molecule has 0 unspecified atom stereocenters. The Morgan fingerprint density at radius 2 is 1.37 bits per heavy atom. The maximum Gasteiger partial charge on any atom is 0.407 e. The molecule has 12 nitrogen and oxygen atoms in total. The molecule has 1 amide bonds. The number of alkyl carbamates (subject to hydrolysis) is 1. The molecule has 406 valence electrons. The summed E-state index contributed by atoms with van der Waals surface area (Å²) >= 11 is 0. The van der Waals surface area contributed by atoms with Gasteiger partial charge in [0.1, 0.15) is 18.4 Å². The Hall–Kier alpha value is -5.06. The number of nitrogens with one attached hydrogen (secondary N) is 1. The van der Waals surface area contributed by atoms with Crippen molar-refractivity contribution >= 4 is 36.8 Å². The molecule has 0 fully saturated rings. The monoisotopic (exact) mass is 1080 g/mol. The molecule has 1 heterocycles. The highest BCUT2D eigenvalue weighted by atomic mass is 28.4. The van der Waals surface area contributed by atoms with Crippen LogP contribution in [0.15, 0.2) is 91.0 Å². The van der Waals surface area contributed by atoms with Crippen LogP contribution in [0.2, 0.25) is 61.9 Å². The molecular formula is C60H85N3O9Si3. The topological polar surface area (TPSA) is 138 Å². The fourth-order valence-corrected chi connectivity index (χ4v) is 15.4. The number of hydrogen-bond acceptors (Lipinski definition) is 11. The zero-order valence-electron chi connectivity index (χ0n) is 47.6. The third-order valence-electron chi connectivity index (χ3n) is 15.9. The van der Waals surface area contributed by atoms with Gasteiger partial charge in [0.05, 0.1) is 64.3 Å². The van der Waals surface area contributed by atoms with E-state index >= 15 is 0 Å². The van der Waals surface area contributed by atoms with Crippen LogP contribution in [-0.2, 0) is 29.7 Å². The van der Waals surface area contributed by atoms with E-state index in [1.54, 1.807) is 14.2 Å². The van der Waals surface area contributed by atoms with Crippen LogP contribution in [0.4, 0.5) is 4.79 Å². The highest BCUT2D eigenvalue weighted by molar-refractivity contribution is 6.76. The molecule has 0 spiro atoms. The van der Waals surface area contributed by atoms with Crippen molar-refractivity contribution in [2.75, 3.05) is 34.0 Å². The summed E-state index contributed by atoms with van der Waals surface area (Å²) in [4.78, 5) is 30.3. The zero-order valence-corrected chi connectivity index (χ0v) is 50.6. The average molecular weight is 1080 g/mol. The minimum absolute atomic E-state index is 0.0358. The Morgan fingerprint density at radius 1 is 0.787 bits per heavy atom. The summed E-state index contributed by atoms with van der Waals surface area (Å²) in [6.45, 7) is 28.5. The lowest BCUT2D eigenvalue weighted by molar-refractivity contribution is -0.132. The van der Waals surface area contributed by atoms with Gasteiger partial charge in [-0.05, 0) is 83.5 Å². The second-order valence-corrected chi connectivity index (χ2v) is 38.0. The van der Waals surface area contributed by atoms with Crippen molar-refractivity contribution in [2.45, 2.75) is 167 Å². The summed E-state index contributed by atoms with van der Waals surface area (Å²) < 4.78 is 47.3. The first-order chi connectivity index (χ1) is 35.6. The van der Waals surface area contributed by atoms with E-state index < -0.39 is 67.0 Å². The van der Waals surface area contributed by atoms with Gasteiger partial charge in [0.25, 0.3) is 0 Å². The van der Waals surface area contributed by atoms with E-state index in [0.29, 0.717) is 34.6 Å². The van der Waals surface area contributed by atoms with Crippen LogP contribution in [-0.4, -0.2) is 93.8 Å². The van der Waals surface area contributed by atoms with Crippen molar-refractivity contribution in [3.63, 3.8) is 0 Å². The maximum atomic E-state index is 14.7. The first-order valence-electron chi connectivity index (χ1n) is 26.9. The Labute approximate surface area is 451 Å². The van der Waals surface area contributed by atoms with Crippen molar-refractivity contribution in [2.24, 2.45) is 0 Å². The number of fused-ring (bicyclic) bond motifs is 4. The molecule has 2 aliphatic rings. The number of benzene rings is 4. The number of allylic oxidation sites excluding steroid dienone is 1. The molecule has 4 aromatic carbocycles. The van der Waals surface area contributed by atoms with Crippen LogP contribution in [0.25, 0.3) is 11.1 Å². The van der Waals surface area contributed by atoms with Crippen molar-refractivity contribution in [1.82, 2.24) is 10.2 Å². The lowest BCUT2D eigenvalue weighted by atomic mass is 9.81. The Morgan fingerprint density at radius 3 is 1.91 bits per heavy atom. The highest BCUT2D eigenvalue weighted by Gasteiger charge is 2.54. The second-order valence-electron chi connectivity index (χ2n) is 22.9. The number of ether oxygens (including phenoxy) is 5. The van der Waals surface area contributed by atoms with Gasteiger partial charge < -0.3 is 37.9 Å². The van der Waals surface area contributed by atoms with Gasteiger partial charge in [-0.15, -0.1) is 0 Å². The first-order valence-corrected chi connectivity index (χ1v) is 36.1. The summed E-state index contributed by atoms with van der Waals surface area (Å²) in [5.41, 5.74) is 7.30. The number of amides is 1. The molecule has 15 heteroatoms. The summed E-state index contributed by atoms with van der Waals surface area (Å²) in [7, 11) is -3.43. The molecule has 0 bridgehead atoms. The molecule has 4 aromatic rings. The fraction of sp³-hybridized carbons (Fsp3) is 0.517. The van der Waals surface area contributed by atoms with Gasteiger partial charge in [0, 0.05) is 37.6 Å². The van der Waals surface area contributed by atoms with Crippen molar-refractivity contribution in [3.8, 4) is 34.4 Å².